The van der Waals surface area contributed by atoms with Crippen molar-refractivity contribution in [2.75, 3.05) is 10.3 Å². The summed E-state index contributed by atoms with van der Waals surface area (Å²) in [6.45, 7) is 4.10. The number of nitrogens with two attached hydrogens (primary N) is 1. The average molecular weight is 269 g/mol. The number of benzene rings is 1. The summed E-state index contributed by atoms with van der Waals surface area (Å²) >= 11 is 0. The van der Waals surface area contributed by atoms with E-state index in [0.717, 1.165) is 18.7 Å². The highest BCUT2D eigenvalue weighted by Gasteiger charge is 2.25. The molecule has 0 saturated carbocycles. The maximum absolute atomic E-state index is 5.49. The smallest absolute Gasteiger partial charge is 0.145 e. The zero-order valence-electron chi connectivity index (χ0n) is 11.8. The van der Waals surface area contributed by atoms with Crippen molar-refractivity contribution in [3.8, 4) is 0 Å². The van der Waals surface area contributed by atoms with Gasteiger partial charge < -0.3 is 10.3 Å². The number of aryl methyl sites for hydroxylation is 2. The van der Waals surface area contributed by atoms with Gasteiger partial charge in [-0.05, 0) is 38.3 Å². The molecular weight excluding hydrogens is 250 g/mol. The number of nitrogens with one attached hydrogen (secondary N) is 1. The molecule has 5 nitrogen and oxygen atoms in total. The molecule has 2 aromatic rings. The van der Waals surface area contributed by atoms with E-state index in [1.54, 1.807) is 0 Å². The fourth-order valence-electron chi connectivity index (χ4n) is 2.79. The van der Waals surface area contributed by atoms with Gasteiger partial charge in [-0.25, -0.2) is 15.8 Å². The van der Waals surface area contributed by atoms with E-state index < -0.39 is 0 Å². The van der Waals surface area contributed by atoms with Gasteiger partial charge in [-0.2, -0.15) is 0 Å². The lowest BCUT2D eigenvalue weighted by Crippen LogP contribution is -2.34. The Labute approximate surface area is 118 Å². The number of anilines is 3. The van der Waals surface area contributed by atoms with E-state index in [0.29, 0.717) is 17.7 Å². The number of nitrogens with zero attached hydrogens (tertiary/aromatic N) is 3. The van der Waals surface area contributed by atoms with Gasteiger partial charge in [0.2, 0.25) is 0 Å². The van der Waals surface area contributed by atoms with E-state index in [9.17, 15) is 0 Å². The highest BCUT2D eigenvalue weighted by Crippen LogP contribution is 2.36. The molecule has 2 heterocycles. The number of para-hydroxylation sites is 1. The largest absolute Gasteiger partial charge is 0.323 e. The van der Waals surface area contributed by atoms with Gasteiger partial charge in [-0.3, -0.25) is 0 Å². The molecule has 0 fully saturated rings. The third-order valence-electron chi connectivity index (χ3n) is 3.74. The summed E-state index contributed by atoms with van der Waals surface area (Å²) in [6.07, 6.45) is 2.23. The van der Waals surface area contributed by atoms with Gasteiger partial charge in [0, 0.05) is 17.8 Å². The van der Waals surface area contributed by atoms with Crippen LogP contribution in [0.15, 0.2) is 30.3 Å². The lowest BCUT2D eigenvalue weighted by molar-refractivity contribution is 0.612. The van der Waals surface area contributed by atoms with Crippen LogP contribution in [0.1, 0.15) is 24.7 Å². The molecule has 0 saturated heterocycles. The van der Waals surface area contributed by atoms with Gasteiger partial charge >= 0.3 is 0 Å². The fraction of sp³-hybridized carbons (Fsp3) is 0.333. The van der Waals surface area contributed by atoms with Crippen LogP contribution in [0.25, 0.3) is 0 Å². The molecule has 20 heavy (non-hydrogen) atoms. The minimum Gasteiger partial charge on any atom is -0.323 e. The Balaban J connectivity index is 2.11. The predicted octanol–water partition coefficient (Wildman–Crippen LogP) is 2.54. The van der Waals surface area contributed by atoms with Crippen LogP contribution in [0.2, 0.25) is 0 Å². The molecule has 1 aliphatic heterocycles. The molecule has 1 atom stereocenters. The minimum atomic E-state index is 0.407. The zero-order chi connectivity index (χ0) is 14.1. The van der Waals surface area contributed by atoms with Gasteiger partial charge in [0.1, 0.15) is 17.5 Å². The van der Waals surface area contributed by atoms with E-state index in [4.69, 9.17) is 5.84 Å². The van der Waals surface area contributed by atoms with Crippen LogP contribution >= 0.6 is 0 Å². The molecule has 0 bridgehead atoms. The van der Waals surface area contributed by atoms with Crippen LogP contribution in [0.3, 0.4) is 0 Å². The number of hydrogen-bond donors (Lipinski definition) is 2. The van der Waals surface area contributed by atoms with E-state index in [-0.39, 0.29) is 0 Å². The first-order valence-electron chi connectivity index (χ1n) is 6.88. The van der Waals surface area contributed by atoms with Gasteiger partial charge in [-0.15, -0.1) is 0 Å². The van der Waals surface area contributed by atoms with Crippen molar-refractivity contribution in [2.24, 2.45) is 5.84 Å². The third kappa shape index (κ3) is 2.20. The van der Waals surface area contributed by atoms with Gasteiger partial charge in [0.05, 0.1) is 0 Å². The quantitative estimate of drug-likeness (QED) is 0.648. The molecular formula is C15H19N5. The van der Waals surface area contributed by atoms with E-state index in [1.807, 2.05) is 13.0 Å². The van der Waals surface area contributed by atoms with Gasteiger partial charge in [0.25, 0.3) is 0 Å². The van der Waals surface area contributed by atoms with E-state index in [1.165, 1.54) is 11.3 Å². The van der Waals surface area contributed by atoms with Crippen molar-refractivity contribution in [3.63, 3.8) is 0 Å². The van der Waals surface area contributed by atoms with Crippen molar-refractivity contribution < 1.29 is 0 Å². The summed E-state index contributed by atoms with van der Waals surface area (Å²) in [5.74, 6) is 7.74. The van der Waals surface area contributed by atoms with Crippen LogP contribution in [0.4, 0.5) is 17.3 Å². The summed E-state index contributed by atoms with van der Waals surface area (Å²) in [5.41, 5.74) is 5.20. The first kappa shape index (κ1) is 12.9. The first-order valence-corrected chi connectivity index (χ1v) is 6.88. The Kier molecular flexibility index (Phi) is 3.28. The molecule has 104 valence electrons. The molecule has 3 rings (SSSR count). The van der Waals surface area contributed by atoms with Crippen LogP contribution in [0.5, 0.6) is 0 Å². The fourth-order valence-corrected chi connectivity index (χ4v) is 2.79. The average Bonchev–Trinajstić information content (AvgIpc) is 2.46. The summed E-state index contributed by atoms with van der Waals surface area (Å²) in [5, 5.41) is 0. The van der Waals surface area contributed by atoms with Crippen molar-refractivity contribution in [3.05, 3.63) is 41.7 Å². The highest BCUT2D eigenvalue weighted by molar-refractivity contribution is 5.67. The number of fused-ring (bicyclic) bond motifs is 1. The SMILES string of the molecule is Cc1nc(NN)cc(N2c3ccccc3CCC2C)n1. The second kappa shape index (κ2) is 5.09. The molecule has 0 radical (unpaired) electrons. The molecule has 0 spiro atoms. The monoisotopic (exact) mass is 269 g/mol. The first-order chi connectivity index (χ1) is 9.69. The minimum absolute atomic E-state index is 0.407. The second-order valence-corrected chi connectivity index (χ2v) is 5.19. The molecule has 5 heteroatoms. The summed E-state index contributed by atoms with van der Waals surface area (Å²) in [4.78, 5) is 11.1. The van der Waals surface area contributed by atoms with E-state index >= 15 is 0 Å². The van der Waals surface area contributed by atoms with Crippen molar-refractivity contribution in [1.29, 1.82) is 0 Å². The Morgan fingerprint density at radius 3 is 2.90 bits per heavy atom. The summed E-state index contributed by atoms with van der Waals surface area (Å²) < 4.78 is 0. The number of hydrogen-bond acceptors (Lipinski definition) is 5. The predicted molar refractivity (Wildman–Crippen MR) is 80.9 cm³/mol. The topological polar surface area (TPSA) is 67.1 Å². The Hall–Kier alpha value is -2.14. The maximum atomic E-state index is 5.49. The van der Waals surface area contributed by atoms with Gasteiger partial charge in [0.15, 0.2) is 0 Å². The van der Waals surface area contributed by atoms with Gasteiger partial charge in [-0.1, -0.05) is 18.2 Å². The van der Waals surface area contributed by atoms with Crippen LogP contribution in [-0.4, -0.2) is 16.0 Å². The molecule has 3 N–H and O–H groups in total. The molecule has 1 aromatic heterocycles. The molecule has 1 aliphatic rings. The number of rotatable bonds is 2. The number of hydrazine groups is 1. The van der Waals surface area contributed by atoms with Crippen LogP contribution in [-0.2, 0) is 6.42 Å². The summed E-state index contributed by atoms with van der Waals surface area (Å²) in [6, 6.07) is 10.8. The normalized spacial score (nSPS) is 17.8. The number of nitrogen functional groups attached to an aromatic ring is 1. The van der Waals surface area contributed by atoms with Crippen molar-refractivity contribution in [1.82, 2.24) is 9.97 Å². The lowest BCUT2D eigenvalue weighted by Gasteiger charge is -2.36. The maximum Gasteiger partial charge on any atom is 0.145 e. The molecule has 1 aromatic carbocycles. The Bertz CT molecular complexity index is 625. The van der Waals surface area contributed by atoms with Crippen molar-refractivity contribution in [2.45, 2.75) is 32.7 Å². The lowest BCUT2D eigenvalue weighted by atomic mass is 9.96. The number of aromatic nitrogens is 2. The third-order valence-corrected chi connectivity index (χ3v) is 3.74. The standard InChI is InChI=1S/C15H19N5/c1-10-7-8-12-5-3-4-6-13(12)20(10)15-9-14(19-16)17-11(2)18-15/h3-6,9-10H,7-8,16H2,1-2H3,(H,17,18,19). The van der Waals surface area contributed by atoms with Crippen LogP contribution in [0, 0.1) is 6.92 Å². The molecule has 1 unspecified atom stereocenters. The second-order valence-electron chi connectivity index (χ2n) is 5.19. The highest BCUT2D eigenvalue weighted by atomic mass is 15.3. The van der Waals surface area contributed by atoms with Crippen LogP contribution < -0.4 is 16.2 Å². The zero-order valence-corrected chi connectivity index (χ0v) is 11.8. The van der Waals surface area contributed by atoms with E-state index in [2.05, 4.69) is 51.5 Å². The summed E-state index contributed by atoms with van der Waals surface area (Å²) in [7, 11) is 0. The molecule has 0 aliphatic carbocycles. The Morgan fingerprint density at radius 2 is 2.10 bits per heavy atom. The molecule has 0 amide bonds. The van der Waals surface area contributed by atoms with Crippen molar-refractivity contribution >= 4 is 17.3 Å². The Morgan fingerprint density at radius 1 is 1.30 bits per heavy atom.